The number of hydrogen-bond acceptors (Lipinski definition) is 0. The first-order chi connectivity index (χ1) is 7.79. The summed E-state index contributed by atoms with van der Waals surface area (Å²) < 4.78 is 4.54. The first-order valence-electron chi connectivity index (χ1n) is 5.49. The van der Waals surface area contributed by atoms with Crippen molar-refractivity contribution in [2.24, 2.45) is 0 Å². The van der Waals surface area contributed by atoms with Gasteiger partial charge in [-0.1, -0.05) is 37.4 Å². The summed E-state index contributed by atoms with van der Waals surface area (Å²) >= 11 is 0. The normalized spacial score (nSPS) is 10.6. The Kier molecular flexibility index (Phi) is 2.91. The Balaban J connectivity index is 2.73. The van der Waals surface area contributed by atoms with Gasteiger partial charge in [-0.25, -0.2) is 9.13 Å². The van der Waals surface area contributed by atoms with Crippen LogP contribution in [0.15, 0.2) is 49.6 Å². The van der Waals surface area contributed by atoms with Crippen molar-refractivity contribution in [1.29, 1.82) is 0 Å². The Morgan fingerprint density at radius 1 is 1.25 bits per heavy atom. The summed E-state index contributed by atoms with van der Waals surface area (Å²) in [5.74, 6) is 1.24. The van der Waals surface area contributed by atoms with E-state index in [1.807, 2.05) is 12.2 Å². The minimum Gasteiger partial charge on any atom is -0.224 e. The zero-order valence-electron chi connectivity index (χ0n) is 9.69. The van der Waals surface area contributed by atoms with Crippen LogP contribution in [0.1, 0.15) is 5.82 Å². The average molecular weight is 213 g/mol. The van der Waals surface area contributed by atoms with E-state index in [2.05, 4.69) is 53.5 Å². The molecule has 2 heteroatoms. The maximum atomic E-state index is 3.81. The predicted octanol–water partition coefficient (Wildman–Crippen LogP) is 2.61. The monoisotopic (exact) mass is 213 g/mol. The molecule has 0 aliphatic rings. The van der Waals surface area contributed by atoms with Crippen LogP contribution in [0.3, 0.4) is 0 Å². The van der Waals surface area contributed by atoms with Gasteiger partial charge in [0.15, 0.2) is 11.0 Å². The Labute approximate surface area is 96.1 Å². The highest BCUT2D eigenvalue weighted by molar-refractivity contribution is 5.72. The standard InChI is InChI=1S/C14H17N2/c1-4-10-15-12(3)16(11-5-2)14-9-7-6-8-13(14)15/h4-9H,1-2,10-11H2,3H3/q+1. The van der Waals surface area contributed by atoms with Crippen molar-refractivity contribution in [1.82, 2.24) is 4.57 Å². The molecule has 0 fully saturated rings. The van der Waals surface area contributed by atoms with Gasteiger partial charge in [0.2, 0.25) is 0 Å². The van der Waals surface area contributed by atoms with E-state index < -0.39 is 0 Å². The van der Waals surface area contributed by atoms with Crippen molar-refractivity contribution in [3.63, 3.8) is 0 Å². The number of benzene rings is 1. The minimum atomic E-state index is 0.844. The van der Waals surface area contributed by atoms with Crippen molar-refractivity contribution >= 4 is 11.0 Å². The maximum Gasteiger partial charge on any atom is 0.254 e. The SMILES string of the molecule is C=CCn1c(C)[n+](CC=C)c2ccccc21. The number of nitrogens with zero attached hydrogens (tertiary/aromatic N) is 2. The smallest absolute Gasteiger partial charge is 0.224 e. The predicted molar refractivity (Wildman–Crippen MR) is 67.3 cm³/mol. The van der Waals surface area contributed by atoms with Gasteiger partial charge in [0.05, 0.1) is 0 Å². The number of hydrogen-bond donors (Lipinski definition) is 0. The van der Waals surface area contributed by atoms with Gasteiger partial charge in [-0.3, -0.25) is 0 Å². The van der Waals surface area contributed by atoms with E-state index in [1.54, 1.807) is 0 Å². The van der Waals surface area contributed by atoms with Gasteiger partial charge in [-0.05, 0) is 12.1 Å². The molecule has 0 aliphatic carbocycles. The maximum absolute atomic E-state index is 3.81. The second-order valence-electron chi connectivity index (χ2n) is 3.83. The van der Waals surface area contributed by atoms with Gasteiger partial charge >= 0.3 is 0 Å². The van der Waals surface area contributed by atoms with Gasteiger partial charge in [-0.15, -0.1) is 0 Å². The van der Waals surface area contributed by atoms with Crippen LogP contribution in [0.4, 0.5) is 0 Å². The molecule has 1 heterocycles. The van der Waals surface area contributed by atoms with Gasteiger partial charge in [0, 0.05) is 6.92 Å². The molecule has 2 aromatic rings. The molecule has 0 radical (unpaired) electrons. The molecule has 2 rings (SSSR count). The summed E-state index contributed by atoms with van der Waals surface area (Å²) in [6.45, 7) is 11.4. The molecule has 0 aliphatic heterocycles. The molecule has 0 N–H and O–H groups in total. The lowest BCUT2D eigenvalue weighted by molar-refractivity contribution is -0.668. The summed E-state index contributed by atoms with van der Waals surface area (Å²) in [6, 6.07) is 8.43. The van der Waals surface area contributed by atoms with Crippen LogP contribution in [0.5, 0.6) is 0 Å². The molecule has 0 unspecified atom stereocenters. The Morgan fingerprint density at radius 3 is 2.69 bits per heavy atom. The van der Waals surface area contributed by atoms with Crippen LogP contribution in [-0.2, 0) is 13.1 Å². The fraction of sp³-hybridized carbons (Fsp3) is 0.214. The molecule has 16 heavy (non-hydrogen) atoms. The van der Waals surface area contributed by atoms with E-state index in [0.717, 1.165) is 13.1 Å². The first-order valence-corrected chi connectivity index (χ1v) is 5.49. The number of rotatable bonds is 4. The molecule has 0 bridgehead atoms. The fourth-order valence-corrected chi connectivity index (χ4v) is 2.13. The summed E-state index contributed by atoms with van der Waals surface area (Å²) in [7, 11) is 0. The highest BCUT2D eigenvalue weighted by Gasteiger charge is 2.18. The third-order valence-electron chi connectivity index (χ3n) is 2.87. The zero-order valence-corrected chi connectivity index (χ0v) is 9.69. The van der Waals surface area contributed by atoms with Gasteiger partial charge in [0.1, 0.15) is 13.1 Å². The highest BCUT2D eigenvalue weighted by atomic mass is 15.2. The molecule has 0 spiro atoms. The Morgan fingerprint density at radius 2 is 2.00 bits per heavy atom. The molecule has 0 atom stereocenters. The largest absolute Gasteiger partial charge is 0.254 e. The Bertz CT molecular complexity index is 488. The van der Waals surface area contributed by atoms with Crippen molar-refractivity contribution < 1.29 is 4.57 Å². The Hall–Kier alpha value is -1.83. The lowest BCUT2D eigenvalue weighted by Crippen LogP contribution is -2.35. The van der Waals surface area contributed by atoms with Crippen LogP contribution < -0.4 is 4.57 Å². The molecule has 2 nitrogen and oxygen atoms in total. The number of allylic oxidation sites excluding steroid dienone is 2. The van der Waals surface area contributed by atoms with Crippen molar-refractivity contribution in [2.45, 2.75) is 20.0 Å². The van der Waals surface area contributed by atoms with E-state index in [-0.39, 0.29) is 0 Å². The summed E-state index contributed by atoms with van der Waals surface area (Å²) in [4.78, 5) is 0. The fourth-order valence-electron chi connectivity index (χ4n) is 2.13. The molecular formula is C14H17N2+. The first kappa shape index (κ1) is 10.7. The molecule has 0 saturated carbocycles. The van der Waals surface area contributed by atoms with Crippen LogP contribution in [0.2, 0.25) is 0 Å². The minimum absolute atomic E-state index is 0.844. The number of para-hydroxylation sites is 2. The topological polar surface area (TPSA) is 8.81 Å². The van der Waals surface area contributed by atoms with Gasteiger partial charge in [-0.2, -0.15) is 0 Å². The molecule has 82 valence electrons. The summed E-state index contributed by atoms with van der Waals surface area (Å²) in [5, 5.41) is 0. The molecule has 0 saturated heterocycles. The molecular weight excluding hydrogens is 196 g/mol. The van der Waals surface area contributed by atoms with Crippen molar-refractivity contribution in [3.05, 3.63) is 55.4 Å². The number of imidazole rings is 1. The highest BCUT2D eigenvalue weighted by Crippen LogP contribution is 2.13. The summed E-state index contributed by atoms with van der Waals surface area (Å²) in [5.41, 5.74) is 2.50. The molecule has 0 amide bonds. The second kappa shape index (κ2) is 4.35. The quantitative estimate of drug-likeness (QED) is 0.545. The third kappa shape index (κ3) is 1.56. The lowest BCUT2D eigenvalue weighted by Gasteiger charge is -1.95. The average Bonchev–Trinajstić information content (AvgIpc) is 2.56. The molecule has 1 aromatic heterocycles. The number of fused-ring (bicyclic) bond motifs is 1. The van der Waals surface area contributed by atoms with E-state index in [9.17, 15) is 0 Å². The third-order valence-corrected chi connectivity index (χ3v) is 2.87. The zero-order chi connectivity index (χ0) is 11.5. The molecule has 1 aromatic carbocycles. The van der Waals surface area contributed by atoms with E-state index in [4.69, 9.17) is 0 Å². The lowest BCUT2D eigenvalue weighted by atomic mass is 10.3. The van der Waals surface area contributed by atoms with Crippen LogP contribution in [0.25, 0.3) is 11.0 Å². The number of aromatic nitrogens is 2. The van der Waals surface area contributed by atoms with Gasteiger partial charge < -0.3 is 0 Å². The van der Waals surface area contributed by atoms with Crippen LogP contribution >= 0.6 is 0 Å². The van der Waals surface area contributed by atoms with E-state index in [1.165, 1.54) is 16.9 Å². The van der Waals surface area contributed by atoms with Crippen LogP contribution in [-0.4, -0.2) is 4.57 Å². The van der Waals surface area contributed by atoms with Gasteiger partial charge in [0.25, 0.3) is 5.82 Å². The van der Waals surface area contributed by atoms with Crippen molar-refractivity contribution in [2.75, 3.05) is 0 Å². The van der Waals surface area contributed by atoms with E-state index >= 15 is 0 Å². The van der Waals surface area contributed by atoms with Crippen LogP contribution in [0, 0.1) is 6.92 Å². The summed E-state index contributed by atoms with van der Waals surface area (Å²) in [6.07, 6.45) is 3.86. The van der Waals surface area contributed by atoms with E-state index in [0.29, 0.717) is 0 Å². The van der Waals surface area contributed by atoms with Crippen molar-refractivity contribution in [3.8, 4) is 0 Å². The second-order valence-corrected chi connectivity index (χ2v) is 3.83.